The van der Waals surface area contributed by atoms with Gasteiger partial charge < -0.3 is 10.5 Å². The van der Waals surface area contributed by atoms with Crippen molar-refractivity contribution in [2.75, 3.05) is 12.8 Å². The summed E-state index contributed by atoms with van der Waals surface area (Å²) in [7, 11) is 1.37. The maximum Gasteiger partial charge on any atom is 0.341 e. The van der Waals surface area contributed by atoms with Gasteiger partial charge in [-0.15, -0.1) is 22.7 Å². The third-order valence-electron chi connectivity index (χ3n) is 2.32. The van der Waals surface area contributed by atoms with Crippen LogP contribution < -0.4 is 5.73 Å². The summed E-state index contributed by atoms with van der Waals surface area (Å²) in [5, 5.41) is 4.41. The number of esters is 1. The molecule has 0 aromatic carbocycles. The van der Waals surface area contributed by atoms with Crippen molar-refractivity contribution >= 4 is 33.6 Å². The van der Waals surface area contributed by atoms with Crippen LogP contribution in [0.5, 0.6) is 0 Å². The molecule has 0 saturated heterocycles. The fraction of sp³-hybridized carbons (Fsp3) is 0.182. The van der Waals surface area contributed by atoms with E-state index >= 15 is 0 Å². The predicted octanol–water partition coefficient (Wildman–Crippen LogP) is 3.15. The summed E-state index contributed by atoms with van der Waals surface area (Å²) in [5.41, 5.74) is 8.30. The van der Waals surface area contributed by atoms with E-state index in [4.69, 9.17) is 10.5 Å². The normalized spacial score (nSPS) is 10.4. The van der Waals surface area contributed by atoms with Gasteiger partial charge in [0.15, 0.2) is 0 Å². The number of ether oxygens (including phenoxy) is 1. The Kier molecular flexibility index (Phi) is 2.98. The van der Waals surface area contributed by atoms with Gasteiger partial charge in [0, 0.05) is 15.8 Å². The van der Waals surface area contributed by atoms with Crippen molar-refractivity contribution in [3.8, 4) is 10.4 Å². The second-order valence-electron chi connectivity index (χ2n) is 3.31. The Morgan fingerprint density at radius 1 is 1.44 bits per heavy atom. The monoisotopic (exact) mass is 253 g/mol. The fourth-order valence-corrected chi connectivity index (χ4v) is 3.32. The molecule has 0 spiro atoms. The van der Waals surface area contributed by atoms with Crippen LogP contribution in [0.2, 0.25) is 0 Å². The number of aryl methyl sites for hydroxylation is 1. The molecule has 2 aromatic heterocycles. The SMILES string of the molecule is COC(=O)c1c(-c2sccc2C)csc1N. The Hall–Kier alpha value is -1.33. The zero-order valence-corrected chi connectivity index (χ0v) is 10.6. The van der Waals surface area contributed by atoms with Gasteiger partial charge >= 0.3 is 5.97 Å². The largest absolute Gasteiger partial charge is 0.465 e. The van der Waals surface area contributed by atoms with Gasteiger partial charge in [-0.3, -0.25) is 0 Å². The zero-order chi connectivity index (χ0) is 11.7. The molecule has 0 radical (unpaired) electrons. The minimum atomic E-state index is -0.374. The Balaban J connectivity index is 2.59. The third-order valence-corrected chi connectivity index (χ3v) is 4.18. The highest BCUT2D eigenvalue weighted by molar-refractivity contribution is 7.16. The molecule has 2 N–H and O–H groups in total. The van der Waals surface area contributed by atoms with Crippen LogP contribution in [0.3, 0.4) is 0 Å². The standard InChI is InChI=1S/C11H11NO2S2/c1-6-3-4-15-9(6)7-5-16-10(12)8(7)11(13)14-2/h3-5H,12H2,1-2H3. The first-order chi connectivity index (χ1) is 7.65. The first kappa shape index (κ1) is 11.2. The number of hydrogen-bond acceptors (Lipinski definition) is 5. The lowest BCUT2D eigenvalue weighted by Crippen LogP contribution is -2.04. The Bertz CT molecular complexity index is 528. The molecule has 84 valence electrons. The molecule has 0 saturated carbocycles. The van der Waals surface area contributed by atoms with Crippen LogP contribution in [0.15, 0.2) is 16.8 Å². The van der Waals surface area contributed by atoms with Crippen LogP contribution in [0, 0.1) is 6.92 Å². The van der Waals surface area contributed by atoms with E-state index in [0.29, 0.717) is 10.6 Å². The molecule has 0 aliphatic carbocycles. The summed E-state index contributed by atoms with van der Waals surface area (Å²) in [6, 6.07) is 2.02. The summed E-state index contributed by atoms with van der Waals surface area (Å²) in [6.45, 7) is 2.01. The maximum absolute atomic E-state index is 11.6. The minimum Gasteiger partial charge on any atom is -0.465 e. The third kappa shape index (κ3) is 1.72. The Labute approximate surface area is 101 Å². The van der Waals surface area contributed by atoms with Crippen LogP contribution in [0.1, 0.15) is 15.9 Å². The number of nitrogens with two attached hydrogens (primary N) is 1. The number of thiophene rings is 2. The average Bonchev–Trinajstić information content (AvgIpc) is 2.83. The molecule has 0 aliphatic rings. The van der Waals surface area contributed by atoms with Crippen molar-refractivity contribution < 1.29 is 9.53 Å². The summed E-state index contributed by atoms with van der Waals surface area (Å²) in [4.78, 5) is 12.7. The quantitative estimate of drug-likeness (QED) is 0.836. The lowest BCUT2D eigenvalue weighted by molar-refractivity contribution is 0.0603. The van der Waals surface area contributed by atoms with Gasteiger partial charge in [-0.05, 0) is 23.9 Å². The topological polar surface area (TPSA) is 52.3 Å². The molecular formula is C11H11NO2S2. The molecule has 0 bridgehead atoms. The van der Waals surface area contributed by atoms with Crippen LogP contribution in [0.25, 0.3) is 10.4 Å². The van der Waals surface area contributed by atoms with Crippen molar-refractivity contribution in [2.45, 2.75) is 6.92 Å². The summed E-state index contributed by atoms with van der Waals surface area (Å²) < 4.78 is 4.75. The molecule has 0 aliphatic heterocycles. The molecule has 0 unspecified atom stereocenters. The minimum absolute atomic E-state index is 0.374. The summed E-state index contributed by atoms with van der Waals surface area (Å²) in [5.74, 6) is -0.374. The molecule has 3 nitrogen and oxygen atoms in total. The highest BCUT2D eigenvalue weighted by Crippen LogP contribution is 2.38. The van der Waals surface area contributed by atoms with Crippen LogP contribution in [0.4, 0.5) is 5.00 Å². The smallest absolute Gasteiger partial charge is 0.341 e. The van der Waals surface area contributed by atoms with E-state index in [0.717, 1.165) is 16.0 Å². The van der Waals surface area contributed by atoms with Crippen LogP contribution in [-0.2, 0) is 4.74 Å². The predicted molar refractivity (Wildman–Crippen MR) is 68.1 cm³/mol. The first-order valence-corrected chi connectivity index (χ1v) is 6.40. The molecular weight excluding hydrogens is 242 g/mol. The van der Waals surface area contributed by atoms with Gasteiger partial charge in [0.05, 0.1) is 7.11 Å². The van der Waals surface area contributed by atoms with E-state index < -0.39 is 0 Å². The van der Waals surface area contributed by atoms with Gasteiger partial charge in [-0.1, -0.05) is 0 Å². The van der Waals surface area contributed by atoms with E-state index in [1.807, 2.05) is 23.8 Å². The van der Waals surface area contributed by atoms with Crippen LogP contribution >= 0.6 is 22.7 Å². The van der Waals surface area contributed by atoms with E-state index in [9.17, 15) is 4.79 Å². The number of carbonyl (C=O) groups is 1. The molecule has 2 aromatic rings. The maximum atomic E-state index is 11.6. The highest BCUT2D eigenvalue weighted by Gasteiger charge is 2.20. The van der Waals surface area contributed by atoms with E-state index in [1.165, 1.54) is 18.4 Å². The second-order valence-corrected chi connectivity index (χ2v) is 5.14. The number of carbonyl (C=O) groups excluding carboxylic acids is 1. The number of hydrogen-bond donors (Lipinski definition) is 1. The fourth-order valence-electron chi connectivity index (χ4n) is 1.50. The molecule has 5 heteroatoms. The lowest BCUT2D eigenvalue weighted by Gasteiger charge is -2.02. The first-order valence-electron chi connectivity index (χ1n) is 4.65. The molecule has 2 rings (SSSR count). The van der Waals surface area contributed by atoms with Crippen molar-refractivity contribution in [2.24, 2.45) is 0 Å². The van der Waals surface area contributed by atoms with Gasteiger partial charge in [0.2, 0.25) is 0 Å². The summed E-state index contributed by atoms with van der Waals surface area (Å²) >= 11 is 2.97. The number of nitrogen functional groups attached to an aromatic ring is 1. The van der Waals surface area contributed by atoms with Crippen molar-refractivity contribution in [1.82, 2.24) is 0 Å². The van der Waals surface area contributed by atoms with Gasteiger partial charge in [-0.25, -0.2) is 4.79 Å². The second kappa shape index (κ2) is 4.27. The lowest BCUT2D eigenvalue weighted by atomic mass is 10.1. The van der Waals surface area contributed by atoms with E-state index in [-0.39, 0.29) is 5.97 Å². The number of methoxy groups -OCH3 is 1. The Morgan fingerprint density at radius 2 is 2.19 bits per heavy atom. The zero-order valence-electron chi connectivity index (χ0n) is 8.94. The molecule has 0 fully saturated rings. The van der Waals surface area contributed by atoms with Crippen LogP contribution in [-0.4, -0.2) is 13.1 Å². The molecule has 2 heterocycles. The highest BCUT2D eigenvalue weighted by atomic mass is 32.1. The molecule has 0 atom stereocenters. The molecule has 0 amide bonds. The van der Waals surface area contributed by atoms with E-state index in [2.05, 4.69) is 0 Å². The van der Waals surface area contributed by atoms with Gasteiger partial charge in [0.1, 0.15) is 10.6 Å². The Morgan fingerprint density at radius 3 is 2.75 bits per heavy atom. The van der Waals surface area contributed by atoms with Gasteiger partial charge in [-0.2, -0.15) is 0 Å². The van der Waals surface area contributed by atoms with Crippen molar-refractivity contribution in [3.63, 3.8) is 0 Å². The van der Waals surface area contributed by atoms with Gasteiger partial charge in [0.25, 0.3) is 0 Å². The number of anilines is 1. The number of rotatable bonds is 2. The molecule has 16 heavy (non-hydrogen) atoms. The average molecular weight is 253 g/mol. The van der Waals surface area contributed by atoms with Crippen molar-refractivity contribution in [3.05, 3.63) is 28.0 Å². The van der Waals surface area contributed by atoms with E-state index in [1.54, 1.807) is 11.3 Å². The van der Waals surface area contributed by atoms with Crippen molar-refractivity contribution in [1.29, 1.82) is 0 Å². The summed E-state index contributed by atoms with van der Waals surface area (Å²) in [6.07, 6.45) is 0.